The number of hydrogen-bond acceptors (Lipinski definition) is 0. The summed E-state index contributed by atoms with van der Waals surface area (Å²) >= 11 is 0. The Morgan fingerprint density at radius 2 is 1.27 bits per heavy atom. The van der Waals surface area contributed by atoms with Gasteiger partial charge in [0.25, 0.3) is 0 Å². The Kier molecular flexibility index (Phi) is 18.0. The molecule has 2 atom stereocenters. The standard InChI is InChI=1S/2C9H11.C4H11Si.2FH.Zr/c2*1-2-5-9-7-3-6-8(9)4-1;1-3-5-4-2;;;/h2*1-2,4,6,9H,3,5,7H2;5H,3-4H2,1-2H3;2*1H;/q2*-1;;;;+4/p-2. The normalized spacial score (nSPS) is 23.2. The third-order valence-electron chi connectivity index (χ3n) is 5.00. The molecular weight excluding hydrogens is 422 g/mol. The van der Waals surface area contributed by atoms with Crippen molar-refractivity contribution >= 4 is 9.52 Å². The van der Waals surface area contributed by atoms with E-state index in [1.54, 1.807) is 11.1 Å². The van der Waals surface area contributed by atoms with Crippen molar-refractivity contribution in [2.24, 2.45) is 11.8 Å². The third kappa shape index (κ3) is 9.55. The average Bonchev–Trinajstić information content (AvgIpc) is 3.26. The first kappa shape index (κ1) is 27.9. The smallest absolute Gasteiger partial charge is 1.00 e. The molecule has 0 heterocycles. The molecule has 2 fully saturated rings. The van der Waals surface area contributed by atoms with Crippen molar-refractivity contribution in [3.05, 3.63) is 60.4 Å². The summed E-state index contributed by atoms with van der Waals surface area (Å²) in [5.41, 5.74) is 3.16. The second-order valence-corrected chi connectivity index (χ2v) is 8.93. The Bertz CT molecular complexity index is 427. The Labute approximate surface area is 181 Å². The van der Waals surface area contributed by atoms with Crippen LogP contribution in [-0.2, 0) is 26.2 Å². The largest absolute Gasteiger partial charge is 4.00 e. The fourth-order valence-corrected chi connectivity index (χ4v) is 4.20. The molecule has 0 saturated heterocycles. The van der Waals surface area contributed by atoms with Gasteiger partial charge in [0.05, 0.1) is 0 Å². The number of fused-ring (bicyclic) bond motifs is 2. The van der Waals surface area contributed by atoms with Crippen molar-refractivity contribution in [2.75, 3.05) is 0 Å². The van der Waals surface area contributed by atoms with Gasteiger partial charge in [-0.3, -0.25) is 0 Å². The Balaban J connectivity index is 0. The maximum atomic E-state index is 2.37. The van der Waals surface area contributed by atoms with Crippen LogP contribution in [-0.4, -0.2) is 9.52 Å². The Hall–Kier alpha value is -0.340. The zero-order valence-electron chi connectivity index (χ0n) is 16.3. The van der Waals surface area contributed by atoms with Crippen molar-refractivity contribution in [2.45, 2.75) is 64.5 Å². The molecule has 4 aliphatic rings. The molecule has 26 heavy (non-hydrogen) atoms. The molecule has 4 rings (SSSR count). The van der Waals surface area contributed by atoms with E-state index in [1.807, 2.05) is 0 Å². The molecule has 0 aromatic rings. The zero-order chi connectivity index (χ0) is 16.3. The van der Waals surface area contributed by atoms with Gasteiger partial charge in [0, 0.05) is 9.52 Å². The second-order valence-electron chi connectivity index (χ2n) is 6.72. The molecule has 2 saturated carbocycles. The van der Waals surface area contributed by atoms with Crippen molar-refractivity contribution in [3.63, 3.8) is 0 Å². The van der Waals surface area contributed by atoms with Crippen LogP contribution in [0.1, 0.15) is 52.4 Å². The minimum Gasteiger partial charge on any atom is -1.00 e. The second kappa shape index (κ2) is 16.8. The fourth-order valence-electron chi connectivity index (χ4n) is 3.62. The molecule has 143 valence electrons. The predicted molar refractivity (Wildman–Crippen MR) is 106 cm³/mol. The summed E-state index contributed by atoms with van der Waals surface area (Å²) in [6.45, 7) is 4.50. The van der Waals surface area contributed by atoms with Crippen molar-refractivity contribution in [1.29, 1.82) is 0 Å². The first-order chi connectivity index (χ1) is 11.3. The summed E-state index contributed by atoms with van der Waals surface area (Å²) in [5, 5.41) is 0. The summed E-state index contributed by atoms with van der Waals surface area (Å²) in [6.07, 6.45) is 26.1. The van der Waals surface area contributed by atoms with E-state index in [0.29, 0.717) is 0 Å². The quantitative estimate of drug-likeness (QED) is 0.415. The van der Waals surface area contributed by atoms with Gasteiger partial charge in [-0.15, -0.1) is 37.1 Å². The molecule has 0 N–H and O–H groups in total. The Morgan fingerprint density at radius 3 is 1.58 bits per heavy atom. The molecule has 0 bridgehead atoms. The van der Waals surface area contributed by atoms with Gasteiger partial charge >= 0.3 is 26.2 Å². The van der Waals surface area contributed by atoms with Crippen molar-refractivity contribution in [3.8, 4) is 0 Å². The maximum absolute atomic E-state index is 2.37. The van der Waals surface area contributed by atoms with E-state index >= 15 is 0 Å². The molecule has 0 nitrogen and oxygen atoms in total. The van der Waals surface area contributed by atoms with Crippen LogP contribution in [0.3, 0.4) is 0 Å². The molecule has 4 heteroatoms. The van der Waals surface area contributed by atoms with Crippen LogP contribution < -0.4 is 9.41 Å². The van der Waals surface area contributed by atoms with Gasteiger partial charge in [0.2, 0.25) is 0 Å². The van der Waals surface area contributed by atoms with Crippen molar-refractivity contribution in [1.82, 2.24) is 0 Å². The summed E-state index contributed by atoms with van der Waals surface area (Å²) in [7, 11) is 0.815. The summed E-state index contributed by atoms with van der Waals surface area (Å²) in [5.74, 6) is 1.77. The summed E-state index contributed by atoms with van der Waals surface area (Å²) in [6, 6.07) is 2.85. The minimum atomic E-state index is 0. The topological polar surface area (TPSA) is 0 Å². The molecule has 0 aromatic heterocycles. The molecule has 0 aromatic carbocycles. The SMILES string of the molecule is C1=CCC2CC[CH-]C2=C1.C1=CCC2CC[CH-]C2=C1.CC[SiH]CC.[F-].[F-].[Zr+4]. The van der Waals surface area contributed by atoms with Gasteiger partial charge < -0.3 is 9.41 Å². The zero-order valence-corrected chi connectivity index (χ0v) is 19.9. The molecule has 0 aliphatic heterocycles. The van der Waals surface area contributed by atoms with Crippen molar-refractivity contribution < 1.29 is 35.6 Å². The number of allylic oxidation sites excluding steroid dienone is 8. The Morgan fingerprint density at radius 1 is 0.846 bits per heavy atom. The summed E-state index contributed by atoms with van der Waals surface area (Å²) in [4.78, 5) is 0. The molecule has 2 unspecified atom stereocenters. The minimum absolute atomic E-state index is 0. The van der Waals surface area contributed by atoms with E-state index in [9.17, 15) is 0 Å². The third-order valence-corrected chi connectivity index (χ3v) is 6.16. The van der Waals surface area contributed by atoms with Crippen LogP contribution >= 0.6 is 0 Å². The van der Waals surface area contributed by atoms with Gasteiger partial charge in [-0.1, -0.05) is 38.8 Å². The van der Waals surface area contributed by atoms with E-state index in [-0.39, 0.29) is 35.6 Å². The van der Waals surface area contributed by atoms with E-state index in [2.05, 4.69) is 63.1 Å². The van der Waals surface area contributed by atoms with Crippen LogP contribution in [0.4, 0.5) is 0 Å². The van der Waals surface area contributed by atoms with Gasteiger partial charge in [0.1, 0.15) is 0 Å². The van der Waals surface area contributed by atoms with Gasteiger partial charge in [-0.05, 0) is 24.7 Å². The summed E-state index contributed by atoms with van der Waals surface area (Å²) < 4.78 is 0. The fraction of sp³-hybridized carbons (Fsp3) is 0.545. The van der Waals surface area contributed by atoms with Crippen LogP contribution in [0.15, 0.2) is 47.6 Å². The maximum Gasteiger partial charge on any atom is 4.00 e. The monoisotopic (exact) mass is 453 g/mol. The van der Waals surface area contributed by atoms with E-state index in [1.165, 1.54) is 50.6 Å². The number of halogens is 2. The van der Waals surface area contributed by atoms with Gasteiger partial charge in [0.15, 0.2) is 0 Å². The molecule has 0 amide bonds. The molecule has 4 aliphatic carbocycles. The first-order valence-corrected chi connectivity index (χ1v) is 11.2. The van der Waals surface area contributed by atoms with E-state index < -0.39 is 0 Å². The van der Waals surface area contributed by atoms with E-state index in [0.717, 1.165) is 21.4 Å². The predicted octanol–water partition coefficient (Wildman–Crippen LogP) is 0.279. The van der Waals surface area contributed by atoms with Crippen LogP contribution in [0.2, 0.25) is 12.1 Å². The number of hydrogen-bond donors (Lipinski definition) is 0. The molecule has 1 radical (unpaired) electrons. The first-order valence-electron chi connectivity index (χ1n) is 9.56. The molecular formula is C22H33F2SiZr. The van der Waals surface area contributed by atoms with Crippen LogP contribution in [0.25, 0.3) is 0 Å². The van der Waals surface area contributed by atoms with Gasteiger partial charge in [-0.25, -0.2) is 36.1 Å². The van der Waals surface area contributed by atoms with Gasteiger partial charge in [-0.2, -0.15) is 0 Å². The number of rotatable bonds is 2. The molecule has 0 spiro atoms. The average molecular weight is 455 g/mol. The van der Waals surface area contributed by atoms with Crippen LogP contribution in [0.5, 0.6) is 0 Å². The van der Waals surface area contributed by atoms with E-state index in [4.69, 9.17) is 0 Å². The van der Waals surface area contributed by atoms with Crippen LogP contribution in [0, 0.1) is 24.7 Å².